The number of unbranched alkanes of at least 4 members (excludes halogenated alkanes) is 2. The van der Waals surface area contributed by atoms with Crippen molar-refractivity contribution in [1.29, 1.82) is 0 Å². The third kappa shape index (κ3) is 10.9. The second kappa shape index (κ2) is 15.3. The molecule has 8 nitrogen and oxygen atoms in total. The molecule has 0 bridgehead atoms. The van der Waals surface area contributed by atoms with E-state index in [4.69, 9.17) is 15.2 Å². The molecule has 176 valence electrons. The highest BCUT2D eigenvalue weighted by atomic mass is 16.6. The van der Waals surface area contributed by atoms with Gasteiger partial charge >= 0.3 is 12.2 Å². The first-order chi connectivity index (χ1) is 14.9. The second-order valence-corrected chi connectivity index (χ2v) is 7.91. The molecule has 1 aromatic rings. The fourth-order valence-electron chi connectivity index (χ4n) is 3.10. The third-order valence-corrected chi connectivity index (χ3v) is 5.36. The van der Waals surface area contributed by atoms with Gasteiger partial charge in [-0.05, 0) is 36.8 Å². The summed E-state index contributed by atoms with van der Waals surface area (Å²) in [5, 5.41) is 5.13. The number of nitrogens with zero attached hydrogens (tertiary/aromatic N) is 1. The van der Waals surface area contributed by atoms with Crippen molar-refractivity contribution < 1.29 is 19.1 Å². The van der Waals surface area contributed by atoms with Crippen molar-refractivity contribution in [3.05, 3.63) is 12.1 Å². The van der Waals surface area contributed by atoms with Crippen LogP contribution in [0.25, 0.3) is 0 Å². The van der Waals surface area contributed by atoms with Gasteiger partial charge in [-0.1, -0.05) is 66.2 Å². The largest absolute Gasteiger partial charge is 0.449 e. The lowest BCUT2D eigenvalue weighted by atomic mass is 10.0. The monoisotopic (exact) mass is 436 g/mol. The van der Waals surface area contributed by atoms with Crippen LogP contribution < -0.4 is 16.4 Å². The number of nitrogens with two attached hydrogens (primary N) is 1. The maximum absolute atomic E-state index is 12.1. The molecule has 0 fully saturated rings. The summed E-state index contributed by atoms with van der Waals surface area (Å²) >= 11 is 0. The zero-order valence-electron chi connectivity index (χ0n) is 19.5. The minimum atomic E-state index is -0.615. The standard InChI is InChI=1S/C23H40N4O4/c1-5-9-11-17(7-3)15-30-22(28)26-20-14-13-19(24)21(25-20)27-23(29)31-16-18(8-4)12-10-6-2/h13-14,17-18H,5-12,15-16,24H2,1-4H3,(H2,25,26,27,28,29). The van der Waals surface area contributed by atoms with E-state index in [1.807, 2.05) is 0 Å². The minimum Gasteiger partial charge on any atom is -0.449 e. The quantitative estimate of drug-likeness (QED) is 0.320. The number of rotatable bonds is 14. The average Bonchev–Trinajstić information content (AvgIpc) is 2.76. The molecule has 0 spiro atoms. The first-order valence-electron chi connectivity index (χ1n) is 11.6. The number of anilines is 3. The molecule has 0 saturated heterocycles. The fraction of sp³-hybridized carbons (Fsp3) is 0.696. The fourth-order valence-corrected chi connectivity index (χ4v) is 3.10. The summed E-state index contributed by atoms with van der Waals surface area (Å²) in [5.74, 6) is 1.06. The van der Waals surface area contributed by atoms with E-state index in [0.29, 0.717) is 25.0 Å². The van der Waals surface area contributed by atoms with Crippen molar-refractivity contribution in [2.45, 2.75) is 79.1 Å². The number of carbonyl (C=O) groups is 2. The molecule has 1 heterocycles. The van der Waals surface area contributed by atoms with Gasteiger partial charge in [-0.3, -0.25) is 10.6 Å². The molecular formula is C23H40N4O4. The van der Waals surface area contributed by atoms with E-state index in [1.54, 1.807) is 12.1 Å². The van der Waals surface area contributed by atoms with Crippen molar-refractivity contribution in [2.24, 2.45) is 11.8 Å². The summed E-state index contributed by atoms with van der Waals surface area (Å²) in [5.41, 5.74) is 6.18. The van der Waals surface area contributed by atoms with E-state index in [2.05, 4.69) is 43.3 Å². The van der Waals surface area contributed by atoms with E-state index in [-0.39, 0.29) is 17.3 Å². The van der Waals surface area contributed by atoms with Gasteiger partial charge < -0.3 is 15.2 Å². The molecule has 4 N–H and O–H groups in total. The van der Waals surface area contributed by atoms with Crippen LogP contribution in [0.4, 0.5) is 26.9 Å². The Morgan fingerprint density at radius 3 is 1.90 bits per heavy atom. The van der Waals surface area contributed by atoms with Crippen molar-refractivity contribution in [2.75, 3.05) is 29.6 Å². The number of aromatic nitrogens is 1. The lowest BCUT2D eigenvalue weighted by molar-refractivity contribution is 0.135. The number of nitrogen functional groups attached to an aromatic ring is 1. The van der Waals surface area contributed by atoms with Crippen LogP contribution in [-0.4, -0.2) is 30.4 Å². The summed E-state index contributed by atoms with van der Waals surface area (Å²) in [7, 11) is 0. The molecule has 1 aromatic heterocycles. The number of ether oxygens (including phenoxy) is 2. The Balaban J connectivity index is 2.56. The Morgan fingerprint density at radius 2 is 1.42 bits per heavy atom. The SMILES string of the molecule is CCCCC(CC)COC(=O)Nc1ccc(N)c(NC(=O)OCC(CC)CCCC)n1. The lowest BCUT2D eigenvalue weighted by Crippen LogP contribution is -2.21. The van der Waals surface area contributed by atoms with Crippen LogP contribution in [0.1, 0.15) is 79.1 Å². The highest BCUT2D eigenvalue weighted by molar-refractivity contribution is 5.89. The molecule has 0 aromatic carbocycles. The van der Waals surface area contributed by atoms with Crippen molar-refractivity contribution in [3.63, 3.8) is 0 Å². The number of carbonyl (C=O) groups excluding carboxylic acids is 2. The Hall–Kier alpha value is -2.51. The molecular weight excluding hydrogens is 396 g/mol. The van der Waals surface area contributed by atoms with Gasteiger partial charge in [0.05, 0.1) is 18.9 Å². The van der Waals surface area contributed by atoms with Gasteiger partial charge in [-0.2, -0.15) is 0 Å². The van der Waals surface area contributed by atoms with Gasteiger partial charge in [-0.25, -0.2) is 14.6 Å². The summed E-state index contributed by atoms with van der Waals surface area (Å²) in [4.78, 5) is 28.5. The third-order valence-electron chi connectivity index (χ3n) is 5.36. The molecule has 0 saturated carbocycles. The van der Waals surface area contributed by atoms with Crippen LogP contribution in [0.15, 0.2) is 12.1 Å². The number of hydrogen-bond donors (Lipinski definition) is 3. The Kier molecular flexibility index (Phi) is 13.1. The number of hydrogen-bond acceptors (Lipinski definition) is 6. The van der Waals surface area contributed by atoms with Gasteiger partial charge in [-0.15, -0.1) is 0 Å². The molecule has 0 aliphatic carbocycles. The molecule has 31 heavy (non-hydrogen) atoms. The van der Waals surface area contributed by atoms with E-state index >= 15 is 0 Å². The molecule has 2 amide bonds. The maximum Gasteiger partial charge on any atom is 0.412 e. The second-order valence-electron chi connectivity index (χ2n) is 7.91. The van der Waals surface area contributed by atoms with E-state index in [1.165, 1.54) is 0 Å². The zero-order valence-corrected chi connectivity index (χ0v) is 19.5. The molecule has 8 heteroatoms. The van der Waals surface area contributed by atoms with Crippen LogP contribution in [-0.2, 0) is 9.47 Å². The van der Waals surface area contributed by atoms with Crippen LogP contribution >= 0.6 is 0 Å². The predicted molar refractivity (Wildman–Crippen MR) is 125 cm³/mol. The van der Waals surface area contributed by atoms with Gasteiger partial charge in [0, 0.05) is 0 Å². The zero-order chi connectivity index (χ0) is 23.1. The number of pyridine rings is 1. The average molecular weight is 437 g/mol. The van der Waals surface area contributed by atoms with Crippen LogP contribution in [0, 0.1) is 11.8 Å². The summed E-state index contributed by atoms with van der Waals surface area (Å²) < 4.78 is 10.6. The van der Waals surface area contributed by atoms with E-state index < -0.39 is 12.2 Å². The molecule has 0 radical (unpaired) electrons. The normalized spacial score (nSPS) is 12.6. The van der Waals surface area contributed by atoms with Crippen LogP contribution in [0.5, 0.6) is 0 Å². The summed E-state index contributed by atoms with van der Waals surface area (Å²) in [6, 6.07) is 3.11. The Bertz CT molecular complexity index is 669. The molecule has 0 aliphatic heterocycles. The molecule has 2 atom stereocenters. The van der Waals surface area contributed by atoms with Gasteiger partial charge in [0.15, 0.2) is 5.82 Å². The smallest absolute Gasteiger partial charge is 0.412 e. The van der Waals surface area contributed by atoms with Crippen molar-refractivity contribution >= 4 is 29.5 Å². The van der Waals surface area contributed by atoms with Crippen molar-refractivity contribution in [3.8, 4) is 0 Å². The molecule has 0 aliphatic rings. The molecule has 2 unspecified atom stereocenters. The van der Waals surface area contributed by atoms with E-state index in [0.717, 1.165) is 51.4 Å². The van der Waals surface area contributed by atoms with Crippen LogP contribution in [0.3, 0.4) is 0 Å². The highest BCUT2D eigenvalue weighted by Crippen LogP contribution is 2.20. The lowest BCUT2D eigenvalue weighted by Gasteiger charge is -2.16. The highest BCUT2D eigenvalue weighted by Gasteiger charge is 2.14. The first-order valence-corrected chi connectivity index (χ1v) is 11.6. The van der Waals surface area contributed by atoms with E-state index in [9.17, 15) is 9.59 Å². The van der Waals surface area contributed by atoms with Gasteiger partial charge in [0.1, 0.15) is 5.82 Å². The Morgan fingerprint density at radius 1 is 0.903 bits per heavy atom. The summed E-state index contributed by atoms with van der Waals surface area (Å²) in [6.45, 7) is 9.17. The first kappa shape index (κ1) is 26.5. The summed E-state index contributed by atoms with van der Waals surface area (Å²) in [6.07, 6.45) is 7.24. The van der Waals surface area contributed by atoms with Gasteiger partial charge in [0.25, 0.3) is 0 Å². The molecule has 1 rings (SSSR count). The maximum atomic E-state index is 12.1. The predicted octanol–water partition coefficient (Wildman–Crippen LogP) is 6.19. The topological polar surface area (TPSA) is 116 Å². The van der Waals surface area contributed by atoms with Gasteiger partial charge in [0.2, 0.25) is 0 Å². The number of nitrogens with one attached hydrogen (secondary N) is 2. The Labute approximate surface area is 186 Å². The van der Waals surface area contributed by atoms with Crippen LogP contribution in [0.2, 0.25) is 0 Å². The minimum absolute atomic E-state index is 0.138. The van der Waals surface area contributed by atoms with Crippen molar-refractivity contribution in [1.82, 2.24) is 4.98 Å². The number of amides is 2.